The van der Waals surface area contributed by atoms with Crippen LogP contribution in [0, 0.1) is 0 Å². The quantitative estimate of drug-likeness (QED) is 0.0233. The van der Waals surface area contributed by atoms with Gasteiger partial charge in [-0.1, -0.05) is 132 Å². The van der Waals surface area contributed by atoms with Crippen molar-refractivity contribution in [3.63, 3.8) is 0 Å². The van der Waals surface area contributed by atoms with Crippen LogP contribution >= 0.6 is 7.82 Å². The maximum Gasteiger partial charge on any atom is 0.472 e. The van der Waals surface area contributed by atoms with Gasteiger partial charge in [0.25, 0.3) is 0 Å². The molecule has 0 aromatic carbocycles. The Bertz CT molecular complexity index is 1180. The zero-order chi connectivity index (χ0) is 41.4. The van der Waals surface area contributed by atoms with Crippen molar-refractivity contribution >= 4 is 25.7 Å². The summed E-state index contributed by atoms with van der Waals surface area (Å²) in [6, 6.07) is -1.53. The van der Waals surface area contributed by atoms with Crippen LogP contribution in [0.5, 0.6) is 0 Å². The van der Waals surface area contributed by atoms with Crippen LogP contribution in [-0.4, -0.2) is 59.9 Å². The number of ether oxygens (including phenoxy) is 2. The molecule has 3 atom stereocenters. The molecule has 0 heterocycles. The van der Waals surface area contributed by atoms with Gasteiger partial charge in [0.1, 0.15) is 12.6 Å². The number of phosphoric acid groups is 1. The van der Waals surface area contributed by atoms with Gasteiger partial charge in [-0.2, -0.15) is 0 Å². The standard InChI is InChI=1S/C44H76NO10P/c1-3-5-7-9-11-13-15-17-19-20-22-23-25-27-29-31-33-35-42(46)52-37-40(38-53-56(50,51)54-39-41(45)44(48)49)55-43(47)36-34-32-30-28-26-24-21-18-16-14-12-10-8-6-4-2/h11,13,17-19,21-23,26,28,40-41H,3-10,12,14-16,20,24-25,27,29-39,45H2,1-2H3,(H,48,49)(H,50,51)/b13-11+,19-17+,21-18+,23-22+,28-26+/t40-,41+/m1/s1. The van der Waals surface area contributed by atoms with Crippen LogP contribution in [0.4, 0.5) is 0 Å². The van der Waals surface area contributed by atoms with Crippen LogP contribution < -0.4 is 5.73 Å². The Morgan fingerprint density at radius 3 is 1.48 bits per heavy atom. The van der Waals surface area contributed by atoms with Gasteiger partial charge < -0.3 is 25.2 Å². The minimum Gasteiger partial charge on any atom is -0.480 e. The van der Waals surface area contributed by atoms with Crippen molar-refractivity contribution in [2.24, 2.45) is 5.73 Å². The van der Waals surface area contributed by atoms with Crippen LogP contribution in [0.1, 0.15) is 168 Å². The van der Waals surface area contributed by atoms with Crippen LogP contribution in [0.15, 0.2) is 60.8 Å². The molecule has 322 valence electrons. The van der Waals surface area contributed by atoms with E-state index in [2.05, 4.69) is 79.1 Å². The lowest BCUT2D eigenvalue weighted by Crippen LogP contribution is -2.34. The van der Waals surface area contributed by atoms with Gasteiger partial charge in [0.05, 0.1) is 13.2 Å². The first-order chi connectivity index (χ1) is 27.1. The maximum atomic E-state index is 12.6. The summed E-state index contributed by atoms with van der Waals surface area (Å²) in [6.07, 6.45) is 44.3. The number of carboxylic acids is 1. The van der Waals surface area contributed by atoms with E-state index < -0.39 is 51.1 Å². The number of carbonyl (C=O) groups is 3. The summed E-state index contributed by atoms with van der Waals surface area (Å²) in [6.45, 7) is 2.70. The number of hydrogen-bond donors (Lipinski definition) is 3. The molecule has 1 unspecified atom stereocenters. The normalized spacial score (nSPS) is 14.4. The summed E-state index contributed by atoms with van der Waals surface area (Å²) in [7, 11) is -4.73. The Morgan fingerprint density at radius 1 is 0.554 bits per heavy atom. The summed E-state index contributed by atoms with van der Waals surface area (Å²) >= 11 is 0. The molecule has 0 saturated carbocycles. The van der Waals surface area contributed by atoms with E-state index >= 15 is 0 Å². The highest BCUT2D eigenvalue weighted by Crippen LogP contribution is 2.43. The molecule has 56 heavy (non-hydrogen) atoms. The Labute approximate surface area is 338 Å². The minimum atomic E-state index is -4.73. The molecule has 0 radical (unpaired) electrons. The maximum absolute atomic E-state index is 12.6. The number of hydrogen-bond acceptors (Lipinski definition) is 9. The molecule has 0 aromatic heterocycles. The minimum absolute atomic E-state index is 0.111. The van der Waals surface area contributed by atoms with Gasteiger partial charge >= 0.3 is 25.7 Å². The number of esters is 2. The second kappa shape index (κ2) is 39.0. The molecule has 0 amide bonds. The molecule has 0 spiro atoms. The molecule has 0 saturated heterocycles. The third-order valence-corrected chi connectivity index (χ3v) is 9.69. The van der Waals surface area contributed by atoms with E-state index in [1.165, 1.54) is 57.8 Å². The average Bonchev–Trinajstić information content (AvgIpc) is 3.17. The number of carbonyl (C=O) groups excluding carboxylic acids is 2. The van der Waals surface area contributed by atoms with E-state index in [4.69, 9.17) is 24.8 Å². The molecule has 12 heteroatoms. The fraction of sp³-hybridized carbons (Fsp3) is 0.705. The van der Waals surface area contributed by atoms with Crippen molar-refractivity contribution in [3.05, 3.63) is 60.8 Å². The monoisotopic (exact) mass is 810 g/mol. The summed E-state index contributed by atoms with van der Waals surface area (Å²) < 4.78 is 32.6. The van der Waals surface area contributed by atoms with Crippen molar-refractivity contribution in [2.45, 2.75) is 180 Å². The zero-order valence-electron chi connectivity index (χ0n) is 34.7. The van der Waals surface area contributed by atoms with Crippen LogP contribution in [0.2, 0.25) is 0 Å². The Kier molecular flexibility index (Phi) is 37.1. The third kappa shape index (κ3) is 38.1. The molecule has 0 aliphatic heterocycles. The van der Waals surface area contributed by atoms with Crippen molar-refractivity contribution in [1.82, 2.24) is 0 Å². The lowest BCUT2D eigenvalue weighted by Gasteiger charge is -2.20. The topological polar surface area (TPSA) is 172 Å². The second-order valence-electron chi connectivity index (χ2n) is 14.1. The molecular formula is C44H76NO10P. The first-order valence-electron chi connectivity index (χ1n) is 21.3. The Morgan fingerprint density at radius 2 is 0.946 bits per heavy atom. The van der Waals surface area contributed by atoms with E-state index in [0.29, 0.717) is 12.8 Å². The molecule has 0 fully saturated rings. The fourth-order valence-electron chi connectivity index (χ4n) is 5.34. The van der Waals surface area contributed by atoms with Crippen LogP contribution in [0.3, 0.4) is 0 Å². The number of phosphoric ester groups is 1. The molecule has 4 N–H and O–H groups in total. The van der Waals surface area contributed by atoms with Gasteiger partial charge in [0.15, 0.2) is 6.10 Å². The number of nitrogens with two attached hydrogens (primary N) is 1. The Balaban J connectivity index is 4.48. The highest BCUT2D eigenvalue weighted by atomic mass is 31.2. The predicted octanol–water partition coefficient (Wildman–Crippen LogP) is 11.2. The number of unbranched alkanes of at least 4 members (excludes halogenated alkanes) is 15. The van der Waals surface area contributed by atoms with Crippen molar-refractivity contribution in [3.8, 4) is 0 Å². The molecule has 0 bridgehead atoms. The number of allylic oxidation sites excluding steroid dienone is 10. The molecule has 0 aliphatic rings. The second-order valence-corrected chi connectivity index (χ2v) is 15.6. The molecule has 0 aromatic rings. The largest absolute Gasteiger partial charge is 0.480 e. The van der Waals surface area contributed by atoms with E-state index in [-0.39, 0.29) is 19.4 Å². The van der Waals surface area contributed by atoms with Crippen molar-refractivity contribution in [2.75, 3.05) is 19.8 Å². The van der Waals surface area contributed by atoms with Gasteiger partial charge in [0, 0.05) is 12.8 Å². The van der Waals surface area contributed by atoms with Crippen molar-refractivity contribution < 1.29 is 47.5 Å². The van der Waals surface area contributed by atoms with Gasteiger partial charge in [-0.3, -0.25) is 23.4 Å². The van der Waals surface area contributed by atoms with E-state index in [1.807, 2.05) is 0 Å². The molecule has 11 nitrogen and oxygen atoms in total. The first kappa shape index (κ1) is 53.2. The lowest BCUT2D eigenvalue weighted by atomic mass is 10.1. The molecule has 0 rings (SSSR count). The number of carboxylic acid groups (broad SMARTS) is 1. The molecule has 0 aliphatic carbocycles. The Hall–Kier alpha value is -2.82. The van der Waals surface area contributed by atoms with Crippen LogP contribution in [-0.2, 0) is 37.5 Å². The number of aliphatic carboxylic acids is 1. The lowest BCUT2D eigenvalue weighted by molar-refractivity contribution is -0.161. The van der Waals surface area contributed by atoms with Gasteiger partial charge in [-0.25, -0.2) is 4.57 Å². The summed E-state index contributed by atoms with van der Waals surface area (Å²) in [5.74, 6) is -2.45. The molecular weight excluding hydrogens is 733 g/mol. The van der Waals surface area contributed by atoms with Gasteiger partial charge in [-0.05, 0) is 83.5 Å². The fourth-order valence-corrected chi connectivity index (χ4v) is 6.11. The summed E-state index contributed by atoms with van der Waals surface area (Å²) in [5.41, 5.74) is 5.32. The predicted molar refractivity (Wildman–Crippen MR) is 226 cm³/mol. The summed E-state index contributed by atoms with van der Waals surface area (Å²) in [4.78, 5) is 45.9. The summed E-state index contributed by atoms with van der Waals surface area (Å²) in [5, 5.41) is 8.88. The van der Waals surface area contributed by atoms with Gasteiger partial charge in [0.2, 0.25) is 0 Å². The smallest absolute Gasteiger partial charge is 0.472 e. The zero-order valence-corrected chi connectivity index (χ0v) is 35.6. The number of rotatable bonds is 39. The third-order valence-electron chi connectivity index (χ3n) is 8.74. The van der Waals surface area contributed by atoms with Crippen LogP contribution in [0.25, 0.3) is 0 Å². The van der Waals surface area contributed by atoms with Gasteiger partial charge in [-0.15, -0.1) is 0 Å². The SMILES string of the molecule is CCCCC/C=C/C/C=C/C/C=C/CCCCCCC(=O)OC[C@H](COP(=O)(O)OC[C@H](N)C(=O)O)OC(=O)CCCC/C=C/C/C=C/CCCCCCCC. The van der Waals surface area contributed by atoms with E-state index in [0.717, 1.165) is 70.6 Å². The highest BCUT2D eigenvalue weighted by molar-refractivity contribution is 7.47. The van der Waals surface area contributed by atoms with E-state index in [9.17, 15) is 23.8 Å². The van der Waals surface area contributed by atoms with Crippen molar-refractivity contribution in [1.29, 1.82) is 0 Å². The van der Waals surface area contributed by atoms with E-state index in [1.54, 1.807) is 0 Å². The highest BCUT2D eigenvalue weighted by Gasteiger charge is 2.28. The first-order valence-corrected chi connectivity index (χ1v) is 22.8. The average molecular weight is 810 g/mol.